The number of likely N-dealkylation sites (tertiary alicyclic amines) is 1. The zero-order valence-electron chi connectivity index (χ0n) is 13.7. The number of β-amino-alcohol motifs (C(OH)–C–C–N with tert-alkyl or cyclic N) is 2. The van der Waals surface area contributed by atoms with Crippen molar-refractivity contribution in [2.24, 2.45) is 0 Å². The van der Waals surface area contributed by atoms with Crippen molar-refractivity contribution >= 4 is 22.6 Å². The second-order valence-electron chi connectivity index (χ2n) is 6.56. The Morgan fingerprint density at radius 2 is 1.64 bits per heavy atom. The smallest absolute Gasteiger partial charge is 0.124 e. The van der Waals surface area contributed by atoms with Gasteiger partial charge in [-0.2, -0.15) is 0 Å². The average molecular weight is 358 g/mol. The predicted molar refractivity (Wildman–Crippen MR) is 97.6 cm³/mol. The first-order chi connectivity index (χ1) is 12.1. The maximum Gasteiger partial charge on any atom is 0.124 e. The van der Waals surface area contributed by atoms with Crippen LogP contribution in [0.15, 0.2) is 48.5 Å². The summed E-state index contributed by atoms with van der Waals surface area (Å²) in [6, 6.07) is 15.9. The van der Waals surface area contributed by atoms with Gasteiger partial charge in [0.2, 0.25) is 0 Å². The van der Waals surface area contributed by atoms with Gasteiger partial charge in [-0.25, -0.2) is 4.98 Å². The number of hydrogen-bond acceptors (Lipinski definition) is 4. The SMILES string of the molecule is O[C@@H]1CN(Cc2nc3ccccc3n2Cc2ccc(Cl)cc2)C[C@H]1O. The molecule has 1 aliphatic rings. The highest BCUT2D eigenvalue weighted by atomic mass is 35.5. The van der Waals surface area contributed by atoms with E-state index >= 15 is 0 Å². The zero-order valence-corrected chi connectivity index (χ0v) is 14.5. The van der Waals surface area contributed by atoms with Crippen molar-refractivity contribution in [1.82, 2.24) is 14.5 Å². The largest absolute Gasteiger partial charge is 0.389 e. The third kappa shape index (κ3) is 3.41. The van der Waals surface area contributed by atoms with Crippen LogP contribution in [0.3, 0.4) is 0 Å². The van der Waals surface area contributed by atoms with Gasteiger partial charge < -0.3 is 14.8 Å². The Morgan fingerprint density at radius 3 is 2.36 bits per heavy atom. The zero-order chi connectivity index (χ0) is 17.4. The summed E-state index contributed by atoms with van der Waals surface area (Å²) in [6.07, 6.45) is -1.37. The number of aliphatic hydroxyl groups excluding tert-OH is 2. The fourth-order valence-electron chi connectivity index (χ4n) is 3.37. The van der Waals surface area contributed by atoms with Crippen LogP contribution in [-0.2, 0) is 13.1 Å². The van der Waals surface area contributed by atoms with Crippen molar-refractivity contribution in [2.45, 2.75) is 25.3 Å². The maximum atomic E-state index is 9.79. The van der Waals surface area contributed by atoms with E-state index in [2.05, 4.69) is 10.6 Å². The minimum absolute atomic E-state index is 0.464. The van der Waals surface area contributed by atoms with E-state index in [0.717, 1.165) is 27.4 Å². The molecule has 0 bridgehead atoms. The Labute approximate surface area is 151 Å². The molecule has 1 aromatic heterocycles. The quantitative estimate of drug-likeness (QED) is 0.752. The molecule has 1 saturated heterocycles. The van der Waals surface area contributed by atoms with Crippen LogP contribution in [0.2, 0.25) is 5.02 Å². The molecule has 0 aliphatic carbocycles. The van der Waals surface area contributed by atoms with Crippen LogP contribution in [0, 0.1) is 0 Å². The minimum atomic E-state index is -0.686. The number of aromatic nitrogens is 2. The summed E-state index contributed by atoms with van der Waals surface area (Å²) >= 11 is 5.99. The van der Waals surface area contributed by atoms with Gasteiger partial charge in [0.25, 0.3) is 0 Å². The predicted octanol–water partition coefficient (Wildman–Crippen LogP) is 2.28. The monoisotopic (exact) mass is 357 g/mol. The van der Waals surface area contributed by atoms with Gasteiger partial charge in [-0.05, 0) is 29.8 Å². The molecule has 6 heteroatoms. The second-order valence-corrected chi connectivity index (χ2v) is 6.99. The molecule has 1 aliphatic heterocycles. The van der Waals surface area contributed by atoms with Crippen molar-refractivity contribution in [1.29, 1.82) is 0 Å². The lowest BCUT2D eigenvalue weighted by Gasteiger charge is -2.16. The Bertz CT molecular complexity index is 868. The van der Waals surface area contributed by atoms with Crippen LogP contribution >= 0.6 is 11.6 Å². The van der Waals surface area contributed by atoms with E-state index in [4.69, 9.17) is 16.6 Å². The van der Waals surface area contributed by atoms with E-state index in [-0.39, 0.29) is 0 Å². The van der Waals surface area contributed by atoms with Crippen molar-refractivity contribution in [3.05, 3.63) is 64.9 Å². The van der Waals surface area contributed by atoms with E-state index in [1.54, 1.807) is 0 Å². The van der Waals surface area contributed by atoms with Crippen LogP contribution in [-0.4, -0.2) is 50.0 Å². The van der Waals surface area contributed by atoms with E-state index in [1.807, 2.05) is 47.4 Å². The number of fused-ring (bicyclic) bond motifs is 1. The summed E-state index contributed by atoms with van der Waals surface area (Å²) in [4.78, 5) is 6.81. The van der Waals surface area contributed by atoms with E-state index in [1.165, 1.54) is 0 Å². The van der Waals surface area contributed by atoms with Gasteiger partial charge in [-0.1, -0.05) is 35.9 Å². The number of aliphatic hydroxyl groups is 2. The van der Waals surface area contributed by atoms with E-state index in [0.29, 0.717) is 26.2 Å². The third-order valence-corrected chi connectivity index (χ3v) is 4.94. The standard InChI is InChI=1S/C19H20ClN3O2/c20-14-7-5-13(6-8-14)9-23-16-4-2-1-3-15(16)21-19(23)12-22-10-17(24)18(25)11-22/h1-8,17-18,24-25H,9-12H2/t17-,18-/m1/s1. The lowest BCUT2D eigenvalue weighted by atomic mass is 10.2. The number of halogens is 1. The first kappa shape index (κ1) is 16.5. The first-order valence-electron chi connectivity index (χ1n) is 8.37. The lowest BCUT2D eigenvalue weighted by Crippen LogP contribution is -2.24. The van der Waals surface area contributed by atoms with Gasteiger partial charge >= 0.3 is 0 Å². The van der Waals surface area contributed by atoms with Gasteiger partial charge in [0.15, 0.2) is 0 Å². The number of rotatable bonds is 4. The molecular weight excluding hydrogens is 338 g/mol. The lowest BCUT2D eigenvalue weighted by molar-refractivity contribution is 0.0572. The molecule has 0 unspecified atom stereocenters. The van der Waals surface area contributed by atoms with E-state index < -0.39 is 12.2 Å². The van der Waals surface area contributed by atoms with Gasteiger partial charge in [0.05, 0.1) is 29.8 Å². The number of hydrogen-bond donors (Lipinski definition) is 2. The highest BCUT2D eigenvalue weighted by molar-refractivity contribution is 6.30. The van der Waals surface area contributed by atoms with Gasteiger partial charge in [0, 0.05) is 24.7 Å². The average Bonchev–Trinajstić information content (AvgIpc) is 3.10. The van der Waals surface area contributed by atoms with Crippen molar-refractivity contribution < 1.29 is 10.2 Å². The topological polar surface area (TPSA) is 61.5 Å². The highest BCUT2D eigenvalue weighted by Crippen LogP contribution is 2.21. The maximum absolute atomic E-state index is 9.79. The van der Waals surface area contributed by atoms with Gasteiger partial charge in [-0.3, -0.25) is 4.90 Å². The molecule has 0 saturated carbocycles. The molecule has 2 aromatic carbocycles. The Morgan fingerprint density at radius 1 is 0.960 bits per heavy atom. The molecule has 25 heavy (non-hydrogen) atoms. The third-order valence-electron chi connectivity index (χ3n) is 4.69. The van der Waals surface area contributed by atoms with Crippen molar-refractivity contribution in [3.63, 3.8) is 0 Å². The van der Waals surface area contributed by atoms with Crippen LogP contribution in [0.4, 0.5) is 0 Å². The van der Waals surface area contributed by atoms with Crippen molar-refractivity contribution in [2.75, 3.05) is 13.1 Å². The fraction of sp³-hybridized carbons (Fsp3) is 0.316. The molecular formula is C19H20ClN3O2. The molecule has 3 aromatic rings. The molecule has 0 radical (unpaired) electrons. The number of benzene rings is 2. The summed E-state index contributed by atoms with van der Waals surface area (Å²) in [5.74, 6) is 0.928. The second kappa shape index (κ2) is 6.77. The Kier molecular flexibility index (Phi) is 4.48. The molecule has 2 atom stereocenters. The molecule has 5 nitrogen and oxygen atoms in total. The number of para-hydroxylation sites is 2. The van der Waals surface area contributed by atoms with Gasteiger partial charge in [-0.15, -0.1) is 0 Å². The van der Waals surface area contributed by atoms with Gasteiger partial charge in [0.1, 0.15) is 5.82 Å². The molecule has 1 fully saturated rings. The summed E-state index contributed by atoms with van der Waals surface area (Å²) in [6.45, 7) is 2.22. The Hall–Kier alpha value is -1.92. The van der Waals surface area contributed by atoms with Crippen molar-refractivity contribution in [3.8, 4) is 0 Å². The first-order valence-corrected chi connectivity index (χ1v) is 8.75. The summed E-state index contributed by atoms with van der Waals surface area (Å²) < 4.78 is 2.19. The summed E-state index contributed by atoms with van der Waals surface area (Å²) in [5, 5.41) is 20.3. The normalized spacial score (nSPS) is 21.2. The molecule has 130 valence electrons. The van der Waals surface area contributed by atoms with E-state index in [9.17, 15) is 10.2 Å². The van der Waals surface area contributed by atoms with Crippen LogP contribution in [0.25, 0.3) is 11.0 Å². The summed E-state index contributed by atoms with van der Waals surface area (Å²) in [7, 11) is 0. The molecule has 4 rings (SSSR count). The minimum Gasteiger partial charge on any atom is -0.389 e. The number of imidazole rings is 1. The fourth-order valence-corrected chi connectivity index (χ4v) is 3.50. The van der Waals surface area contributed by atoms with Crippen LogP contribution < -0.4 is 0 Å². The highest BCUT2D eigenvalue weighted by Gasteiger charge is 2.30. The number of nitrogens with zero attached hydrogens (tertiary/aromatic N) is 3. The van der Waals surface area contributed by atoms with Crippen LogP contribution in [0.1, 0.15) is 11.4 Å². The van der Waals surface area contributed by atoms with Crippen LogP contribution in [0.5, 0.6) is 0 Å². The molecule has 2 N–H and O–H groups in total. The molecule has 2 heterocycles. The molecule has 0 spiro atoms. The Balaban J connectivity index is 1.67. The molecule has 0 amide bonds. The summed E-state index contributed by atoms with van der Waals surface area (Å²) in [5.41, 5.74) is 3.18.